The van der Waals surface area contributed by atoms with Gasteiger partial charge in [-0.2, -0.15) is 0 Å². The van der Waals surface area contributed by atoms with Crippen molar-refractivity contribution in [3.63, 3.8) is 0 Å². The van der Waals surface area contributed by atoms with Crippen LogP contribution in [-0.4, -0.2) is 9.97 Å². The van der Waals surface area contributed by atoms with E-state index in [9.17, 15) is 0 Å². The number of hydrogen-bond donors (Lipinski definition) is 1. The third kappa shape index (κ3) is 1.92. The molecule has 64 valence electrons. The molecule has 1 N–H and O–H groups in total. The Morgan fingerprint density at radius 2 is 1.92 bits per heavy atom. The Balaban J connectivity index is 2.35. The van der Waals surface area contributed by atoms with E-state index < -0.39 is 0 Å². The Bertz CT molecular complexity index is 368. The first-order valence-electron chi connectivity index (χ1n) is 4.48. The second-order valence-corrected chi connectivity index (χ2v) is 2.94. The van der Waals surface area contributed by atoms with Gasteiger partial charge in [0, 0.05) is 12.8 Å². The summed E-state index contributed by atoms with van der Waals surface area (Å²) in [7, 11) is 0. The minimum absolute atomic E-state index is 0.786. The largest absolute Gasteiger partial charge is 0.337 e. The quantitative estimate of drug-likeness (QED) is 0.590. The summed E-state index contributed by atoms with van der Waals surface area (Å²) >= 11 is 0. The van der Waals surface area contributed by atoms with E-state index in [0.717, 1.165) is 37.1 Å². The van der Waals surface area contributed by atoms with Gasteiger partial charge in [0.15, 0.2) is 0 Å². The molecule has 0 spiro atoms. The van der Waals surface area contributed by atoms with Gasteiger partial charge in [-0.25, -0.2) is 4.98 Å². The first-order valence-corrected chi connectivity index (χ1v) is 4.48. The maximum atomic E-state index is 4.10. The zero-order valence-electron chi connectivity index (χ0n) is 7.35. The average Bonchev–Trinajstić information content (AvgIpc) is 2.59. The van der Waals surface area contributed by atoms with Gasteiger partial charge in [-0.1, -0.05) is 11.8 Å². The van der Waals surface area contributed by atoms with Crippen molar-refractivity contribution in [3.05, 3.63) is 17.7 Å². The summed E-state index contributed by atoms with van der Waals surface area (Å²) in [5, 5.41) is 0. The second-order valence-electron chi connectivity index (χ2n) is 2.94. The van der Waals surface area contributed by atoms with Crippen LogP contribution in [0.3, 0.4) is 0 Å². The lowest BCUT2D eigenvalue weighted by atomic mass is 10.1. The lowest BCUT2D eigenvalue weighted by Crippen LogP contribution is -1.83. The molecule has 0 amide bonds. The van der Waals surface area contributed by atoms with Gasteiger partial charge in [-0.05, 0) is 24.7 Å². The second kappa shape index (κ2) is 3.83. The van der Waals surface area contributed by atoms with Gasteiger partial charge in [0.25, 0.3) is 0 Å². The summed E-state index contributed by atoms with van der Waals surface area (Å²) in [5.41, 5.74) is 1.64. The van der Waals surface area contributed by atoms with E-state index in [2.05, 4.69) is 33.6 Å². The van der Waals surface area contributed by atoms with E-state index in [1.165, 1.54) is 0 Å². The van der Waals surface area contributed by atoms with Crippen molar-refractivity contribution in [3.8, 4) is 23.7 Å². The SMILES string of the molecule is C1#Cc2nc[nH]c2C#CCCCC1. The number of H-pyrrole nitrogens is 1. The highest BCUT2D eigenvalue weighted by Crippen LogP contribution is 2.03. The number of rotatable bonds is 0. The molecule has 2 heteroatoms. The predicted octanol–water partition coefficient (Wildman–Crippen LogP) is 1.69. The molecule has 1 aromatic rings. The van der Waals surface area contributed by atoms with E-state index in [0.29, 0.717) is 0 Å². The van der Waals surface area contributed by atoms with Crippen molar-refractivity contribution >= 4 is 0 Å². The van der Waals surface area contributed by atoms with Crippen LogP contribution in [0, 0.1) is 23.7 Å². The van der Waals surface area contributed by atoms with E-state index in [-0.39, 0.29) is 0 Å². The van der Waals surface area contributed by atoms with Crippen molar-refractivity contribution in [1.29, 1.82) is 0 Å². The number of nitrogens with one attached hydrogen (secondary N) is 1. The topological polar surface area (TPSA) is 28.7 Å². The summed E-state index contributed by atoms with van der Waals surface area (Å²) in [6.07, 6.45) is 5.84. The molecule has 13 heavy (non-hydrogen) atoms. The summed E-state index contributed by atoms with van der Waals surface area (Å²) < 4.78 is 0. The third-order valence-corrected chi connectivity index (χ3v) is 1.91. The molecular formula is C11H10N2. The van der Waals surface area contributed by atoms with Gasteiger partial charge in [0.05, 0.1) is 6.33 Å². The van der Waals surface area contributed by atoms with Crippen molar-refractivity contribution in [2.75, 3.05) is 0 Å². The molecule has 0 fully saturated rings. The van der Waals surface area contributed by atoms with Gasteiger partial charge in [0.2, 0.25) is 0 Å². The number of imidazole rings is 1. The summed E-state index contributed by atoms with van der Waals surface area (Å²) in [6.45, 7) is 0. The number of hydrogen-bond acceptors (Lipinski definition) is 1. The molecule has 0 unspecified atom stereocenters. The molecule has 1 aromatic heterocycles. The lowest BCUT2D eigenvalue weighted by Gasteiger charge is -1.91. The van der Waals surface area contributed by atoms with E-state index in [1.807, 2.05) is 0 Å². The standard InChI is InChI=1S/C11H10N2/c1-2-4-6-8-11-10(7-5-3-1)12-9-13-11/h9H,1-4H2,(H,12,13). The maximum absolute atomic E-state index is 4.10. The molecule has 0 radical (unpaired) electrons. The fourth-order valence-corrected chi connectivity index (χ4v) is 1.21. The first kappa shape index (κ1) is 7.95. The van der Waals surface area contributed by atoms with E-state index >= 15 is 0 Å². The Kier molecular flexibility index (Phi) is 2.34. The highest BCUT2D eigenvalue weighted by Gasteiger charge is 1.98. The zero-order valence-corrected chi connectivity index (χ0v) is 7.35. The monoisotopic (exact) mass is 170 g/mol. The Labute approximate surface area is 77.8 Å². The normalized spacial score (nSPS) is 14.5. The first-order chi connectivity index (χ1) is 6.47. The molecular weight excluding hydrogens is 160 g/mol. The fourth-order valence-electron chi connectivity index (χ4n) is 1.21. The Morgan fingerprint density at radius 3 is 2.77 bits per heavy atom. The van der Waals surface area contributed by atoms with Crippen LogP contribution in [0.25, 0.3) is 0 Å². The lowest BCUT2D eigenvalue weighted by molar-refractivity contribution is 0.782. The molecule has 1 aliphatic rings. The number of nitrogens with zero attached hydrogens (tertiary/aromatic N) is 1. The Hall–Kier alpha value is -1.67. The van der Waals surface area contributed by atoms with Crippen molar-refractivity contribution in [1.82, 2.24) is 9.97 Å². The zero-order chi connectivity index (χ0) is 8.93. The summed E-state index contributed by atoms with van der Waals surface area (Å²) in [5.74, 6) is 12.3. The molecule has 1 aliphatic carbocycles. The van der Waals surface area contributed by atoms with Crippen LogP contribution in [0.1, 0.15) is 37.1 Å². The fraction of sp³-hybridized carbons (Fsp3) is 0.364. The maximum Gasteiger partial charge on any atom is 0.147 e. The van der Waals surface area contributed by atoms with Gasteiger partial charge >= 0.3 is 0 Å². The van der Waals surface area contributed by atoms with E-state index in [1.54, 1.807) is 6.33 Å². The highest BCUT2D eigenvalue weighted by molar-refractivity contribution is 5.41. The van der Waals surface area contributed by atoms with Crippen LogP contribution in [0.15, 0.2) is 6.33 Å². The minimum Gasteiger partial charge on any atom is -0.337 e. The van der Waals surface area contributed by atoms with Gasteiger partial charge < -0.3 is 4.98 Å². The molecule has 2 nitrogen and oxygen atoms in total. The van der Waals surface area contributed by atoms with Gasteiger partial charge in [-0.3, -0.25) is 0 Å². The number of aromatic amines is 1. The summed E-state index contributed by atoms with van der Waals surface area (Å²) in [6, 6.07) is 0. The molecule has 0 aliphatic heterocycles. The van der Waals surface area contributed by atoms with Crippen LogP contribution in [0.4, 0.5) is 0 Å². The summed E-state index contributed by atoms with van der Waals surface area (Å²) in [4.78, 5) is 7.09. The van der Waals surface area contributed by atoms with Crippen LogP contribution < -0.4 is 0 Å². The van der Waals surface area contributed by atoms with Crippen LogP contribution in [-0.2, 0) is 0 Å². The Morgan fingerprint density at radius 1 is 1.15 bits per heavy atom. The van der Waals surface area contributed by atoms with Crippen LogP contribution in [0.2, 0.25) is 0 Å². The molecule has 0 saturated carbocycles. The molecule has 0 aromatic carbocycles. The molecule has 0 saturated heterocycles. The minimum atomic E-state index is 0.786. The predicted molar refractivity (Wildman–Crippen MR) is 50.8 cm³/mol. The van der Waals surface area contributed by atoms with Crippen molar-refractivity contribution < 1.29 is 0 Å². The third-order valence-electron chi connectivity index (χ3n) is 1.91. The van der Waals surface area contributed by atoms with Crippen molar-refractivity contribution in [2.45, 2.75) is 25.7 Å². The van der Waals surface area contributed by atoms with Gasteiger partial charge in [-0.15, -0.1) is 0 Å². The van der Waals surface area contributed by atoms with Crippen LogP contribution in [0.5, 0.6) is 0 Å². The highest BCUT2D eigenvalue weighted by atomic mass is 14.9. The molecule has 0 bridgehead atoms. The number of aromatic nitrogens is 2. The average molecular weight is 170 g/mol. The molecule has 1 heterocycles. The molecule has 2 rings (SSSR count). The van der Waals surface area contributed by atoms with Crippen molar-refractivity contribution in [2.24, 2.45) is 0 Å². The number of fused-ring (bicyclic) bond motifs is 1. The van der Waals surface area contributed by atoms with E-state index in [4.69, 9.17) is 0 Å². The molecule has 0 atom stereocenters. The van der Waals surface area contributed by atoms with Gasteiger partial charge in [0.1, 0.15) is 11.4 Å². The van der Waals surface area contributed by atoms with Crippen LogP contribution >= 0.6 is 0 Å². The smallest absolute Gasteiger partial charge is 0.147 e.